The van der Waals surface area contributed by atoms with Crippen molar-refractivity contribution in [1.29, 1.82) is 10.7 Å². The third kappa shape index (κ3) is 5.39. The number of nitriles is 1. The summed E-state index contributed by atoms with van der Waals surface area (Å²) in [5.74, 6) is 1.38. The van der Waals surface area contributed by atoms with Crippen molar-refractivity contribution >= 4 is 40.4 Å². The van der Waals surface area contributed by atoms with Crippen LogP contribution in [-0.4, -0.2) is 47.5 Å². The van der Waals surface area contributed by atoms with E-state index < -0.39 is 6.10 Å². The zero-order valence-electron chi connectivity index (χ0n) is 22.6. The van der Waals surface area contributed by atoms with Crippen molar-refractivity contribution in [3.63, 3.8) is 0 Å². The summed E-state index contributed by atoms with van der Waals surface area (Å²) in [7, 11) is 1.51. The minimum Gasteiger partial charge on any atom is -0.493 e. The van der Waals surface area contributed by atoms with Gasteiger partial charge in [-0.05, 0) is 38.8 Å². The molecular formula is C29H31Cl2N7O2. The second-order valence-electron chi connectivity index (χ2n) is 10.6. The fourth-order valence-corrected chi connectivity index (χ4v) is 5.94. The Kier molecular flexibility index (Phi) is 7.78. The lowest BCUT2D eigenvalue weighted by Crippen LogP contribution is -2.70. The highest BCUT2D eigenvalue weighted by atomic mass is 35.5. The number of pyridine rings is 2. The Morgan fingerprint density at radius 1 is 1.20 bits per heavy atom. The van der Waals surface area contributed by atoms with Gasteiger partial charge in [0.25, 0.3) is 0 Å². The number of nitrogens with zero attached hydrogens (tertiary/aromatic N) is 4. The minimum absolute atomic E-state index is 0.0146. The summed E-state index contributed by atoms with van der Waals surface area (Å²) in [6.07, 6.45) is 7.78. The fourth-order valence-electron chi connectivity index (χ4n) is 5.27. The number of ether oxygens (including phenoxy) is 2. The molecule has 2 fully saturated rings. The van der Waals surface area contributed by atoms with E-state index in [-0.39, 0.29) is 11.3 Å². The molecule has 0 bridgehead atoms. The summed E-state index contributed by atoms with van der Waals surface area (Å²) >= 11 is 12.6. The maximum Gasteiger partial charge on any atom is 0.162 e. The van der Waals surface area contributed by atoms with Crippen LogP contribution in [0.4, 0.5) is 11.5 Å². The molecule has 1 aliphatic carbocycles. The summed E-state index contributed by atoms with van der Waals surface area (Å²) in [5.41, 5.74) is 8.64. The van der Waals surface area contributed by atoms with Crippen LogP contribution in [-0.2, 0) is 0 Å². The number of halogens is 2. The zero-order valence-corrected chi connectivity index (χ0v) is 24.1. The summed E-state index contributed by atoms with van der Waals surface area (Å²) < 4.78 is 11.7. The Morgan fingerprint density at radius 3 is 2.50 bits per heavy atom. The number of methoxy groups -OCH3 is 1. The third-order valence-corrected chi connectivity index (χ3v) is 8.12. The number of nitrogens with two attached hydrogens (primary N) is 1. The zero-order chi connectivity index (χ0) is 28.6. The number of anilines is 2. The van der Waals surface area contributed by atoms with E-state index in [1.165, 1.54) is 38.8 Å². The van der Waals surface area contributed by atoms with Crippen molar-refractivity contribution in [1.82, 2.24) is 15.3 Å². The molecule has 1 aliphatic heterocycles. The second-order valence-corrected chi connectivity index (χ2v) is 11.5. The average Bonchev–Trinajstić information content (AvgIpc) is 2.89. The Balaban J connectivity index is 1.38. The average molecular weight is 581 g/mol. The van der Waals surface area contributed by atoms with E-state index in [2.05, 4.69) is 33.2 Å². The lowest BCUT2D eigenvalue weighted by atomic mass is 9.85. The quantitative estimate of drug-likeness (QED) is 0.223. The van der Waals surface area contributed by atoms with E-state index in [4.69, 9.17) is 43.8 Å². The first-order valence-corrected chi connectivity index (χ1v) is 13.8. The highest BCUT2D eigenvalue weighted by Gasteiger charge is 2.42. The highest BCUT2D eigenvalue weighted by Crippen LogP contribution is 2.39. The molecule has 0 spiro atoms. The molecule has 9 nitrogen and oxygen atoms in total. The Labute approximate surface area is 243 Å². The van der Waals surface area contributed by atoms with Gasteiger partial charge in [0.2, 0.25) is 0 Å². The molecule has 0 radical (unpaired) electrons. The van der Waals surface area contributed by atoms with Crippen molar-refractivity contribution < 1.29 is 9.47 Å². The number of nitrogens with one attached hydrogen (secondary N) is 2. The molecule has 1 aromatic carbocycles. The maximum absolute atomic E-state index is 9.92. The van der Waals surface area contributed by atoms with Crippen molar-refractivity contribution in [3.8, 4) is 17.6 Å². The predicted molar refractivity (Wildman–Crippen MR) is 157 cm³/mol. The Morgan fingerprint density at radius 2 is 1.90 bits per heavy atom. The van der Waals surface area contributed by atoms with Gasteiger partial charge in [-0.25, -0.2) is 4.98 Å². The number of nitrogen functional groups attached to an aromatic ring is 1. The Bertz CT molecular complexity index is 1480. The van der Waals surface area contributed by atoms with Crippen LogP contribution < -0.4 is 25.4 Å². The van der Waals surface area contributed by atoms with Gasteiger partial charge in [-0.3, -0.25) is 10.4 Å². The minimum atomic E-state index is -0.547. The van der Waals surface area contributed by atoms with E-state index in [0.29, 0.717) is 61.3 Å². The number of hydrogen-bond donors (Lipinski definition) is 3. The molecule has 0 amide bonds. The topological polar surface area (TPSA) is 133 Å². The summed E-state index contributed by atoms with van der Waals surface area (Å²) in [5, 5.41) is 23.3. The third-order valence-electron chi connectivity index (χ3n) is 7.52. The van der Waals surface area contributed by atoms with E-state index in [0.717, 1.165) is 13.1 Å². The molecule has 40 heavy (non-hydrogen) atoms. The van der Waals surface area contributed by atoms with Gasteiger partial charge in [0.15, 0.2) is 11.5 Å². The smallest absolute Gasteiger partial charge is 0.162 e. The molecule has 1 saturated heterocycles. The van der Waals surface area contributed by atoms with Gasteiger partial charge in [0.05, 0.1) is 34.0 Å². The van der Waals surface area contributed by atoms with Gasteiger partial charge in [0, 0.05) is 66.2 Å². The summed E-state index contributed by atoms with van der Waals surface area (Å²) in [4.78, 5) is 10.7. The van der Waals surface area contributed by atoms with Crippen LogP contribution in [0.3, 0.4) is 0 Å². The van der Waals surface area contributed by atoms with Crippen LogP contribution in [0.15, 0.2) is 36.8 Å². The first kappa shape index (κ1) is 28.0. The molecule has 4 N–H and O–H groups in total. The largest absolute Gasteiger partial charge is 0.493 e. The molecule has 3 aromatic rings. The second kappa shape index (κ2) is 11.1. The normalized spacial score (nSPS) is 16.9. The van der Waals surface area contributed by atoms with E-state index in [9.17, 15) is 5.26 Å². The van der Waals surface area contributed by atoms with Gasteiger partial charge in [-0.2, -0.15) is 5.26 Å². The lowest BCUT2D eigenvalue weighted by molar-refractivity contribution is 0.201. The summed E-state index contributed by atoms with van der Waals surface area (Å²) in [6, 6.07) is 7.77. The highest BCUT2D eigenvalue weighted by molar-refractivity contribution is 6.35. The van der Waals surface area contributed by atoms with Crippen LogP contribution in [0, 0.1) is 16.7 Å². The lowest BCUT2D eigenvalue weighted by Gasteiger charge is -2.52. The molecule has 3 heterocycles. The molecule has 11 heteroatoms. The van der Waals surface area contributed by atoms with E-state index in [1.807, 2.05) is 0 Å². The van der Waals surface area contributed by atoms with Crippen molar-refractivity contribution in [2.24, 2.45) is 0 Å². The predicted octanol–water partition coefficient (Wildman–Crippen LogP) is 5.52. The van der Waals surface area contributed by atoms with Crippen LogP contribution in [0.5, 0.6) is 11.5 Å². The first-order valence-electron chi connectivity index (χ1n) is 13.1. The van der Waals surface area contributed by atoms with Gasteiger partial charge < -0.3 is 25.4 Å². The van der Waals surface area contributed by atoms with Gasteiger partial charge in [-0.15, -0.1) is 0 Å². The maximum atomic E-state index is 9.92. The van der Waals surface area contributed by atoms with Crippen molar-refractivity contribution in [2.45, 2.75) is 50.8 Å². The van der Waals surface area contributed by atoms with E-state index in [1.54, 1.807) is 31.3 Å². The molecule has 2 aromatic heterocycles. The molecular weight excluding hydrogens is 549 g/mol. The molecule has 2 aliphatic rings. The van der Waals surface area contributed by atoms with E-state index >= 15 is 0 Å². The first-order chi connectivity index (χ1) is 19.1. The molecule has 208 valence electrons. The molecule has 0 unspecified atom stereocenters. The number of aromatic nitrogens is 2. The molecule has 1 saturated carbocycles. The summed E-state index contributed by atoms with van der Waals surface area (Å²) in [6.45, 7) is 5.56. The number of rotatable bonds is 9. The van der Waals surface area contributed by atoms with Gasteiger partial charge in [-0.1, -0.05) is 29.6 Å². The molecule has 1 atom stereocenters. The fraction of sp³-hybridized carbons (Fsp3) is 0.379. The van der Waals surface area contributed by atoms with Crippen LogP contribution in [0.25, 0.3) is 0 Å². The van der Waals surface area contributed by atoms with Crippen LogP contribution >= 0.6 is 23.2 Å². The van der Waals surface area contributed by atoms with Crippen LogP contribution in [0.1, 0.15) is 61.5 Å². The SMILES string of the molecule is COc1cc(N)c(C(=N)c2cnc(N3CC(C)(NC4CCC4)C3)c(C#N)c2)cc1O[C@H](C)c1c(Cl)cncc1Cl. The number of hydrogen-bond acceptors (Lipinski definition) is 9. The Hall–Kier alpha value is -3.58. The van der Waals surface area contributed by atoms with Gasteiger partial charge >= 0.3 is 0 Å². The van der Waals surface area contributed by atoms with Gasteiger partial charge in [0.1, 0.15) is 18.0 Å². The van der Waals surface area contributed by atoms with Crippen LogP contribution in [0.2, 0.25) is 10.0 Å². The molecule has 5 rings (SSSR count). The standard InChI is InChI=1S/C29H31Cl2N7O2/c1-16(26-21(30)12-35-13-22(26)31)40-25-8-20(23(33)9-24(25)39-3)27(34)18-7-17(10-32)28(36-11-18)38-14-29(2,15-38)37-19-5-4-6-19/h7-9,11-13,16,19,34,37H,4-6,14-15,33H2,1-3H3/t16-/m1/s1. The monoisotopic (exact) mass is 579 g/mol. The van der Waals surface area contributed by atoms with Crippen molar-refractivity contribution in [2.75, 3.05) is 30.8 Å². The number of benzene rings is 1. The van der Waals surface area contributed by atoms with Crippen molar-refractivity contribution in [3.05, 3.63) is 69.1 Å².